The van der Waals surface area contributed by atoms with E-state index in [2.05, 4.69) is 21.5 Å². The Morgan fingerprint density at radius 3 is 2.66 bits per heavy atom. The van der Waals surface area contributed by atoms with Crippen LogP contribution in [0.1, 0.15) is 17.7 Å². The summed E-state index contributed by atoms with van der Waals surface area (Å²) in [6, 6.07) is 10.7. The third-order valence-corrected chi connectivity index (χ3v) is 5.36. The van der Waals surface area contributed by atoms with Gasteiger partial charge in [0.05, 0.1) is 11.4 Å². The van der Waals surface area contributed by atoms with Crippen LogP contribution >= 0.6 is 0 Å². The Labute approximate surface area is 167 Å². The van der Waals surface area contributed by atoms with Gasteiger partial charge in [0.25, 0.3) is 0 Å². The van der Waals surface area contributed by atoms with Crippen molar-refractivity contribution in [1.82, 2.24) is 14.8 Å². The molecule has 10 heteroatoms. The number of aryl methyl sites for hydroxylation is 1. The van der Waals surface area contributed by atoms with Gasteiger partial charge < -0.3 is 11.1 Å². The van der Waals surface area contributed by atoms with E-state index in [1.807, 2.05) is 0 Å². The molecule has 3 rings (SSSR count). The molecular formula is C19H19FN6O2S. The van der Waals surface area contributed by atoms with E-state index in [9.17, 15) is 18.1 Å². The molecule has 0 spiro atoms. The van der Waals surface area contributed by atoms with Gasteiger partial charge in [0, 0.05) is 19.0 Å². The van der Waals surface area contributed by atoms with Crippen LogP contribution in [0.4, 0.5) is 16.0 Å². The Kier molecular flexibility index (Phi) is 5.79. The van der Waals surface area contributed by atoms with Crippen molar-refractivity contribution in [2.75, 3.05) is 23.9 Å². The van der Waals surface area contributed by atoms with Crippen molar-refractivity contribution in [3.05, 3.63) is 59.7 Å². The van der Waals surface area contributed by atoms with Crippen molar-refractivity contribution in [3.63, 3.8) is 0 Å². The van der Waals surface area contributed by atoms with Crippen LogP contribution in [0.5, 0.6) is 0 Å². The van der Waals surface area contributed by atoms with E-state index < -0.39 is 9.84 Å². The van der Waals surface area contributed by atoms with Crippen LogP contribution < -0.4 is 11.1 Å². The maximum absolute atomic E-state index is 13.1. The first kappa shape index (κ1) is 20.3. The van der Waals surface area contributed by atoms with E-state index in [4.69, 9.17) is 5.73 Å². The number of nitrogen functional groups attached to an aromatic ring is 1. The number of sulfone groups is 1. The van der Waals surface area contributed by atoms with Crippen molar-refractivity contribution >= 4 is 21.5 Å². The number of hydrogen-bond donors (Lipinski definition) is 2. The first-order valence-electron chi connectivity index (χ1n) is 8.73. The zero-order valence-corrected chi connectivity index (χ0v) is 16.4. The molecular weight excluding hydrogens is 395 g/mol. The van der Waals surface area contributed by atoms with Crippen LogP contribution in [0.3, 0.4) is 0 Å². The molecule has 2 heterocycles. The summed E-state index contributed by atoms with van der Waals surface area (Å²) < 4.78 is 38.2. The molecule has 0 atom stereocenters. The lowest BCUT2D eigenvalue weighted by atomic mass is 10.1. The Hall–Kier alpha value is -3.45. The molecule has 29 heavy (non-hydrogen) atoms. The molecule has 8 nitrogen and oxygen atoms in total. The summed E-state index contributed by atoms with van der Waals surface area (Å²) in [5.41, 5.74) is 7.37. The summed E-state index contributed by atoms with van der Waals surface area (Å²) in [7, 11) is -3.40. The number of nitrogens with two attached hydrogens (primary N) is 1. The minimum absolute atomic E-state index is 0.127. The number of halogens is 1. The molecule has 3 N–H and O–H groups in total. The lowest BCUT2D eigenvalue weighted by Gasteiger charge is -2.09. The van der Waals surface area contributed by atoms with Gasteiger partial charge in [-0.05, 0) is 49.2 Å². The summed E-state index contributed by atoms with van der Waals surface area (Å²) in [4.78, 5) is 4.20. The van der Waals surface area contributed by atoms with E-state index in [0.717, 1.165) is 6.26 Å². The molecule has 0 amide bonds. The quantitative estimate of drug-likeness (QED) is 0.568. The number of hydrogen-bond acceptors (Lipinski definition) is 7. The second-order valence-electron chi connectivity index (χ2n) is 6.36. The molecule has 0 aliphatic rings. The molecule has 0 saturated heterocycles. The Morgan fingerprint density at radius 1 is 1.28 bits per heavy atom. The molecule has 0 saturated carbocycles. The van der Waals surface area contributed by atoms with Gasteiger partial charge in [-0.2, -0.15) is 10.4 Å². The molecule has 2 aromatic heterocycles. The van der Waals surface area contributed by atoms with Gasteiger partial charge >= 0.3 is 0 Å². The number of nitrogens with one attached hydrogen (secondary N) is 1. The molecule has 0 aliphatic carbocycles. The van der Waals surface area contributed by atoms with Gasteiger partial charge in [0.15, 0.2) is 9.84 Å². The van der Waals surface area contributed by atoms with Gasteiger partial charge in [-0.1, -0.05) is 0 Å². The summed E-state index contributed by atoms with van der Waals surface area (Å²) in [6.07, 6.45) is 3.64. The fourth-order valence-corrected chi connectivity index (χ4v) is 3.64. The van der Waals surface area contributed by atoms with Crippen LogP contribution in [0.25, 0.3) is 5.69 Å². The number of anilines is 2. The average molecular weight is 414 g/mol. The van der Waals surface area contributed by atoms with Crippen molar-refractivity contribution in [1.29, 1.82) is 5.26 Å². The predicted octanol–water partition coefficient (Wildman–Crippen LogP) is 2.31. The molecule has 1 aromatic carbocycles. The molecule has 0 bridgehead atoms. The highest BCUT2D eigenvalue weighted by atomic mass is 32.2. The monoisotopic (exact) mass is 414 g/mol. The maximum atomic E-state index is 13.1. The number of aromatic nitrogens is 3. The van der Waals surface area contributed by atoms with E-state index in [1.165, 1.54) is 41.2 Å². The largest absolute Gasteiger partial charge is 0.382 e. The zero-order valence-electron chi connectivity index (χ0n) is 15.6. The molecule has 3 aromatic rings. The highest BCUT2D eigenvalue weighted by molar-refractivity contribution is 7.90. The molecule has 0 radical (unpaired) electrons. The first-order valence-corrected chi connectivity index (χ1v) is 10.6. The highest BCUT2D eigenvalue weighted by Crippen LogP contribution is 2.22. The summed E-state index contributed by atoms with van der Waals surface area (Å²) in [5, 5.41) is 16.8. The van der Waals surface area contributed by atoms with Crippen LogP contribution in [0.2, 0.25) is 0 Å². The third kappa shape index (κ3) is 4.52. The highest BCUT2D eigenvalue weighted by Gasteiger charge is 2.17. The summed E-state index contributed by atoms with van der Waals surface area (Å²) in [6.45, 7) is 0.424. The Balaban J connectivity index is 1.72. The Morgan fingerprint density at radius 2 is 2.00 bits per heavy atom. The van der Waals surface area contributed by atoms with Crippen LogP contribution in [-0.4, -0.2) is 36.0 Å². The van der Waals surface area contributed by atoms with E-state index in [1.54, 1.807) is 6.07 Å². The van der Waals surface area contributed by atoms with Crippen LogP contribution in [0, 0.1) is 17.1 Å². The van der Waals surface area contributed by atoms with Crippen molar-refractivity contribution in [2.45, 2.75) is 17.7 Å². The molecule has 0 aliphatic heterocycles. The van der Waals surface area contributed by atoms with Gasteiger partial charge in [-0.25, -0.2) is 22.5 Å². The van der Waals surface area contributed by atoms with Gasteiger partial charge in [0.1, 0.15) is 34.0 Å². The van der Waals surface area contributed by atoms with Gasteiger partial charge in [-0.3, -0.25) is 0 Å². The first-order chi connectivity index (χ1) is 13.8. The van der Waals surface area contributed by atoms with E-state index in [-0.39, 0.29) is 27.9 Å². The SMILES string of the molecule is CS(=O)(=O)c1cccnc1NCCCc1nn(-c2ccc(F)cc2)c(N)c1C#N. The smallest absolute Gasteiger partial charge is 0.179 e. The minimum Gasteiger partial charge on any atom is -0.382 e. The maximum Gasteiger partial charge on any atom is 0.179 e. The summed E-state index contributed by atoms with van der Waals surface area (Å²) in [5.74, 6) is 0.0901. The number of nitrogens with zero attached hydrogens (tertiary/aromatic N) is 4. The van der Waals surface area contributed by atoms with Crippen LogP contribution in [-0.2, 0) is 16.3 Å². The second-order valence-corrected chi connectivity index (χ2v) is 8.34. The standard InChI is InChI=1S/C19H19FN6O2S/c1-29(27,28)17-5-3-11-24-19(17)23-10-2-4-16-15(12-21)18(22)26(25-16)14-8-6-13(20)7-9-14/h3,5-9,11H,2,4,10,22H2,1H3,(H,23,24). The summed E-state index contributed by atoms with van der Waals surface area (Å²) >= 11 is 0. The Bertz CT molecular complexity index is 1170. The normalized spacial score (nSPS) is 11.2. The van der Waals surface area contributed by atoms with E-state index >= 15 is 0 Å². The lowest BCUT2D eigenvalue weighted by Crippen LogP contribution is -2.10. The number of pyridine rings is 1. The molecule has 0 fully saturated rings. The third-order valence-electron chi connectivity index (χ3n) is 4.23. The van der Waals surface area contributed by atoms with E-state index in [0.29, 0.717) is 30.8 Å². The fourth-order valence-electron chi connectivity index (χ4n) is 2.84. The van der Waals surface area contributed by atoms with Crippen molar-refractivity contribution in [2.24, 2.45) is 0 Å². The average Bonchev–Trinajstić information content (AvgIpc) is 3.01. The topological polar surface area (TPSA) is 127 Å². The zero-order chi connectivity index (χ0) is 21.0. The minimum atomic E-state index is -3.40. The number of benzene rings is 1. The van der Waals surface area contributed by atoms with Crippen molar-refractivity contribution < 1.29 is 12.8 Å². The molecule has 150 valence electrons. The van der Waals surface area contributed by atoms with Crippen molar-refractivity contribution in [3.8, 4) is 11.8 Å². The lowest BCUT2D eigenvalue weighted by molar-refractivity contribution is 0.601. The predicted molar refractivity (Wildman–Crippen MR) is 107 cm³/mol. The number of rotatable bonds is 7. The second kappa shape index (κ2) is 8.28. The fraction of sp³-hybridized carbons (Fsp3) is 0.211. The van der Waals surface area contributed by atoms with Crippen LogP contribution in [0.15, 0.2) is 47.5 Å². The van der Waals surface area contributed by atoms with Gasteiger partial charge in [0.2, 0.25) is 0 Å². The number of nitriles is 1. The molecule has 0 unspecified atom stereocenters. The van der Waals surface area contributed by atoms with Gasteiger partial charge in [-0.15, -0.1) is 0 Å².